The van der Waals surface area contributed by atoms with Gasteiger partial charge < -0.3 is 14.9 Å². The highest BCUT2D eigenvalue weighted by atomic mass is 32.2. The first-order valence-electron chi connectivity index (χ1n) is 5.76. The lowest BCUT2D eigenvalue weighted by Crippen LogP contribution is -2.51. The summed E-state index contributed by atoms with van der Waals surface area (Å²) in [7, 11) is -4.18. The van der Waals surface area contributed by atoms with Gasteiger partial charge in [0.1, 0.15) is 5.56 Å². The molecule has 0 radical (unpaired) electrons. The quantitative estimate of drug-likeness (QED) is 0.454. The molecule has 114 valence electrons. The summed E-state index contributed by atoms with van der Waals surface area (Å²) >= 11 is 0. The number of H-pyrrole nitrogens is 1. The Bertz CT molecular complexity index is 563. The molecule has 9 nitrogen and oxygen atoms in total. The number of hydrogen-bond donors (Lipinski definition) is 4. The number of rotatable bonds is 7. The van der Waals surface area contributed by atoms with E-state index in [-0.39, 0.29) is 12.2 Å². The number of carbonyl (C=O) groups excluding carboxylic acids is 1. The second kappa shape index (κ2) is 6.31. The van der Waals surface area contributed by atoms with E-state index in [0.717, 1.165) is 6.20 Å². The molecular weight excluding hydrogens is 290 g/mol. The van der Waals surface area contributed by atoms with Crippen molar-refractivity contribution < 1.29 is 28.2 Å². The molecule has 0 aromatic carbocycles. The number of esters is 1. The van der Waals surface area contributed by atoms with E-state index in [4.69, 9.17) is 14.9 Å². The summed E-state index contributed by atoms with van der Waals surface area (Å²) in [6, 6.07) is 0. The van der Waals surface area contributed by atoms with E-state index in [1.54, 1.807) is 6.92 Å². The lowest BCUT2D eigenvalue weighted by Gasteiger charge is -2.25. The minimum Gasteiger partial charge on any atom is -0.462 e. The van der Waals surface area contributed by atoms with Gasteiger partial charge in [0.25, 0.3) is 10.0 Å². The first-order valence-corrected chi connectivity index (χ1v) is 7.24. The molecule has 0 aliphatic rings. The normalized spacial score (nSPS) is 12.4. The van der Waals surface area contributed by atoms with E-state index < -0.39 is 39.8 Å². The predicted molar refractivity (Wildman–Crippen MR) is 67.4 cm³/mol. The van der Waals surface area contributed by atoms with Gasteiger partial charge in [-0.05, 0) is 13.8 Å². The van der Waals surface area contributed by atoms with Gasteiger partial charge in [-0.15, -0.1) is 0 Å². The van der Waals surface area contributed by atoms with Crippen molar-refractivity contribution in [3.63, 3.8) is 0 Å². The summed E-state index contributed by atoms with van der Waals surface area (Å²) in [6.45, 7) is 1.74. The molecule has 1 heterocycles. The fraction of sp³-hybridized carbons (Fsp3) is 0.600. The van der Waals surface area contributed by atoms with Crippen LogP contribution in [0.4, 0.5) is 0 Å². The van der Waals surface area contributed by atoms with E-state index in [0.29, 0.717) is 0 Å². The number of carbonyl (C=O) groups is 1. The Morgan fingerprint density at radius 3 is 2.60 bits per heavy atom. The molecule has 4 N–H and O–H groups in total. The van der Waals surface area contributed by atoms with E-state index in [9.17, 15) is 13.2 Å². The number of hydrogen-bond acceptors (Lipinski definition) is 7. The molecule has 20 heavy (non-hydrogen) atoms. The van der Waals surface area contributed by atoms with Crippen LogP contribution in [-0.2, 0) is 14.8 Å². The first-order chi connectivity index (χ1) is 9.29. The number of nitrogens with zero attached hydrogens (tertiary/aromatic N) is 1. The van der Waals surface area contributed by atoms with Gasteiger partial charge in [0, 0.05) is 0 Å². The summed E-state index contributed by atoms with van der Waals surface area (Å²) in [5.74, 6) is -0.837. The van der Waals surface area contributed by atoms with E-state index in [1.807, 2.05) is 0 Å². The van der Waals surface area contributed by atoms with Crippen molar-refractivity contribution in [1.29, 1.82) is 0 Å². The second-order valence-electron chi connectivity index (χ2n) is 4.32. The molecule has 0 unspecified atom stereocenters. The number of ether oxygens (including phenoxy) is 1. The third kappa shape index (κ3) is 3.54. The molecule has 0 fully saturated rings. The van der Waals surface area contributed by atoms with Crippen molar-refractivity contribution >= 4 is 16.0 Å². The zero-order valence-electron chi connectivity index (χ0n) is 11.1. The van der Waals surface area contributed by atoms with Crippen LogP contribution in [-0.4, -0.2) is 60.2 Å². The molecule has 0 atom stereocenters. The molecule has 0 saturated heterocycles. The largest absolute Gasteiger partial charge is 0.462 e. The molecule has 0 amide bonds. The van der Waals surface area contributed by atoms with E-state index in [1.165, 1.54) is 6.92 Å². The molecule has 10 heteroatoms. The van der Waals surface area contributed by atoms with Crippen LogP contribution in [0.25, 0.3) is 0 Å². The van der Waals surface area contributed by atoms with Crippen LogP contribution >= 0.6 is 0 Å². The molecular formula is C10H17N3O6S. The summed E-state index contributed by atoms with van der Waals surface area (Å²) in [4.78, 5) is 11.6. The number of aromatic amines is 1. The Hall–Kier alpha value is -1.49. The Morgan fingerprint density at radius 1 is 1.50 bits per heavy atom. The number of aromatic nitrogens is 2. The SMILES string of the molecule is CCOC(=O)c1cn[nH]c1S(=O)(=O)NC(C)(CO)CO. The van der Waals surface area contributed by atoms with Crippen LogP contribution in [0.3, 0.4) is 0 Å². The molecule has 1 aromatic rings. The highest BCUT2D eigenvalue weighted by Crippen LogP contribution is 2.16. The van der Waals surface area contributed by atoms with Crippen LogP contribution in [0.1, 0.15) is 24.2 Å². The molecule has 0 saturated carbocycles. The van der Waals surface area contributed by atoms with Crippen molar-refractivity contribution in [3.05, 3.63) is 11.8 Å². The lowest BCUT2D eigenvalue weighted by molar-refractivity contribution is 0.0521. The summed E-state index contributed by atoms with van der Waals surface area (Å²) in [6.07, 6.45) is 1.03. The minimum atomic E-state index is -4.18. The van der Waals surface area contributed by atoms with Crippen LogP contribution in [0, 0.1) is 0 Å². The highest BCUT2D eigenvalue weighted by Gasteiger charge is 2.33. The fourth-order valence-electron chi connectivity index (χ4n) is 1.32. The standard InChI is InChI=1S/C10H17N3O6S/c1-3-19-9(16)7-4-11-12-8(7)20(17,18)13-10(2,5-14)6-15/h4,13-15H,3,5-6H2,1-2H3,(H,11,12). The Morgan fingerprint density at radius 2 is 2.10 bits per heavy atom. The molecule has 0 bridgehead atoms. The van der Waals surface area contributed by atoms with Gasteiger partial charge in [-0.25, -0.2) is 13.2 Å². The first kappa shape index (κ1) is 16.6. The number of aliphatic hydroxyl groups excluding tert-OH is 2. The predicted octanol–water partition coefficient (Wildman–Crippen LogP) is -1.39. The highest BCUT2D eigenvalue weighted by molar-refractivity contribution is 7.89. The number of aliphatic hydroxyl groups is 2. The van der Waals surface area contributed by atoms with E-state index >= 15 is 0 Å². The van der Waals surface area contributed by atoms with Gasteiger partial charge in [-0.2, -0.15) is 9.82 Å². The van der Waals surface area contributed by atoms with Crippen molar-refractivity contribution in [3.8, 4) is 0 Å². The van der Waals surface area contributed by atoms with Crippen LogP contribution < -0.4 is 4.72 Å². The van der Waals surface area contributed by atoms with Gasteiger partial charge in [-0.1, -0.05) is 0 Å². The third-order valence-corrected chi connectivity index (χ3v) is 4.06. The molecule has 0 spiro atoms. The van der Waals surface area contributed by atoms with Crippen LogP contribution in [0.2, 0.25) is 0 Å². The fourth-order valence-corrected chi connectivity index (χ4v) is 2.80. The number of nitrogens with one attached hydrogen (secondary N) is 2. The summed E-state index contributed by atoms with van der Waals surface area (Å²) in [5, 5.41) is 23.4. The van der Waals surface area contributed by atoms with Crippen LogP contribution in [0.5, 0.6) is 0 Å². The monoisotopic (exact) mass is 307 g/mol. The molecule has 1 rings (SSSR count). The van der Waals surface area contributed by atoms with Crippen LogP contribution in [0.15, 0.2) is 11.2 Å². The topological polar surface area (TPSA) is 142 Å². The minimum absolute atomic E-state index is 0.0852. The van der Waals surface area contributed by atoms with Crippen molar-refractivity contribution in [2.24, 2.45) is 0 Å². The maximum absolute atomic E-state index is 12.1. The Labute approximate surface area is 116 Å². The Kier molecular flexibility index (Phi) is 5.22. The maximum Gasteiger partial charge on any atom is 0.342 e. The van der Waals surface area contributed by atoms with Gasteiger partial charge >= 0.3 is 5.97 Å². The second-order valence-corrected chi connectivity index (χ2v) is 5.93. The van der Waals surface area contributed by atoms with Gasteiger partial charge in [0.15, 0.2) is 5.03 Å². The molecule has 0 aliphatic heterocycles. The van der Waals surface area contributed by atoms with Gasteiger partial charge in [0.2, 0.25) is 0 Å². The molecule has 1 aromatic heterocycles. The summed E-state index contributed by atoms with van der Waals surface area (Å²) < 4.78 is 31.1. The average Bonchev–Trinajstić information content (AvgIpc) is 2.88. The third-order valence-electron chi connectivity index (χ3n) is 2.45. The molecule has 0 aliphatic carbocycles. The van der Waals surface area contributed by atoms with E-state index in [2.05, 4.69) is 14.9 Å². The van der Waals surface area contributed by atoms with Crippen molar-refractivity contribution in [2.45, 2.75) is 24.4 Å². The maximum atomic E-state index is 12.1. The van der Waals surface area contributed by atoms with Crippen molar-refractivity contribution in [2.75, 3.05) is 19.8 Å². The van der Waals surface area contributed by atoms with Gasteiger partial charge in [-0.3, -0.25) is 5.10 Å². The number of sulfonamides is 1. The van der Waals surface area contributed by atoms with Crippen molar-refractivity contribution in [1.82, 2.24) is 14.9 Å². The lowest BCUT2D eigenvalue weighted by atomic mass is 10.1. The average molecular weight is 307 g/mol. The zero-order valence-corrected chi connectivity index (χ0v) is 11.9. The zero-order chi connectivity index (χ0) is 15.4. The summed E-state index contributed by atoms with van der Waals surface area (Å²) in [5.41, 5.74) is -1.71. The van der Waals surface area contributed by atoms with Gasteiger partial charge in [0.05, 0.1) is 31.6 Å². The smallest absolute Gasteiger partial charge is 0.342 e. The Balaban J connectivity index is 3.11.